The molecule has 0 spiro atoms. The average molecular weight is 656 g/mol. The van der Waals surface area contributed by atoms with Crippen molar-refractivity contribution in [2.45, 2.75) is 116 Å². The maximum absolute atomic E-state index is 13.3. The van der Waals surface area contributed by atoms with Gasteiger partial charge in [0, 0.05) is 29.2 Å². The van der Waals surface area contributed by atoms with Crippen LogP contribution < -0.4 is 4.74 Å². The van der Waals surface area contributed by atoms with Crippen molar-refractivity contribution in [1.82, 2.24) is 0 Å². The van der Waals surface area contributed by atoms with E-state index in [2.05, 4.69) is 6.92 Å². The van der Waals surface area contributed by atoms with Crippen molar-refractivity contribution in [1.29, 1.82) is 0 Å². The fraction of sp³-hybridized carbons (Fsp3) is 0.500. The number of rotatable bonds is 19. The smallest absolute Gasteiger partial charge is 0.338 e. The van der Waals surface area contributed by atoms with Gasteiger partial charge in [0.15, 0.2) is 0 Å². The Morgan fingerprint density at radius 1 is 0.667 bits per heavy atom. The first kappa shape index (κ1) is 35.0. The van der Waals surface area contributed by atoms with Gasteiger partial charge < -0.3 is 19.7 Å². The molecule has 0 atom stereocenters. The van der Waals surface area contributed by atoms with Gasteiger partial charge in [0.1, 0.15) is 23.0 Å². The largest absolute Gasteiger partial charge is 0.506 e. The van der Waals surface area contributed by atoms with Gasteiger partial charge in [-0.2, -0.15) is 0 Å². The summed E-state index contributed by atoms with van der Waals surface area (Å²) in [6.07, 6.45) is 20.7. The molecule has 1 aliphatic rings. The Morgan fingerprint density at radius 2 is 1.11 bits per heavy atom. The normalized spacial score (nSPS) is 12.4. The lowest BCUT2D eigenvalue weighted by molar-refractivity contribution is 0.0496. The molecule has 1 heterocycles. The Morgan fingerprint density at radius 3 is 1.60 bits per heavy atom. The van der Waals surface area contributed by atoms with Crippen LogP contribution in [0.5, 0.6) is 23.0 Å². The maximum atomic E-state index is 13.3. The van der Waals surface area contributed by atoms with Gasteiger partial charge in [0.2, 0.25) is 0 Å². The van der Waals surface area contributed by atoms with Gasteiger partial charge in [-0.1, -0.05) is 145 Å². The van der Waals surface area contributed by atoms with Crippen molar-refractivity contribution >= 4 is 29.2 Å². The highest BCUT2D eigenvalue weighted by atomic mass is 35.5. The van der Waals surface area contributed by atoms with Gasteiger partial charge in [-0.25, -0.2) is 4.79 Å². The van der Waals surface area contributed by atoms with Crippen LogP contribution in [0.1, 0.15) is 143 Å². The average Bonchev–Trinajstić information content (AvgIpc) is 3.03. The van der Waals surface area contributed by atoms with Crippen molar-refractivity contribution in [3.8, 4) is 23.0 Å². The van der Waals surface area contributed by atoms with Crippen LogP contribution in [0, 0.1) is 0 Å². The SMILES string of the molecule is CCCCCCCCCCCCCCCCCCOC(=O)c1ccccc1C1c2cc(Cl)c(O)cc2Oc2cc(O)c(Cl)cc21. The van der Waals surface area contributed by atoms with E-state index in [1.54, 1.807) is 18.2 Å². The minimum atomic E-state index is -0.487. The van der Waals surface area contributed by atoms with Crippen molar-refractivity contribution in [3.63, 3.8) is 0 Å². The van der Waals surface area contributed by atoms with Crippen LogP contribution in [-0.2, 0) is 4.74 Å². The molecule has 0 radical (unpaired) electrons. The van der Waals surface area contributed by atoms with E-state index >= 15 is 0 Å². The van der Waals surface area contributed by atoms with E-state index < -0.39 is 11.9 Å². The number of halogens is 2. The van der Waals surface area contributed by atoms with E-state index in [9.17, 15) is 15.0 Å². The number of carbonyl (C=O) groups is 1. The number of aromatic hydroxyl groups is 2. The number of hydrogen-bond donors (Lipinski definition) is 2. The lowest BCUT2D eigenvalue weighted by atomic mass is 9.80. The summed E-state index contributed by atoms with van der Waals surface area (Å²) in [7, 11) is 0. The summed E-state index contributed by atoms with van der Waals surface area (Å²) in [6.45, 7) is 2.64. The van der Waals surface area contributed by atoms with Crippen LogP contribution in [-0.4, -0.2) is 22.8 Å². The molecular weight excluding hydrogens is 607 g/mol. The minimum Gasteiger partial charge on any atom is -0.506 e. The van der Waals surface area contributed by atoms with Crippen LogP contribution in [0.15, 0.2) is 48.5 Å². The molecule has 2 N–H and O–H groups in total. The molecule has 7 heteroatoms. The molecule has 0 aromatic heterocycles. The lowest BCUT2D eigenvalue weighted by Crippen LogP contribution is -2.16. The summed E-state index contributed by atoms with van der Waals surface area (Å²) >= 11 is 12.6. The number of phenols is 2. The van der Waals surface area contributed by atoms with E-state index in [-0.39, 0.29) is 21.5 Å². The summed E-state index contributed by atoms with van der Waals surface area (Å²) in [6, 6.07) is 13.5. The molecule has 0 fully saturated rings. The zero-order chi connectivity index (χ0) is 32.0. The maximum Gasteiger partial charge on any atom is 0.338 e. The zero-order valence-electron chi connectivity index (χ0n) is 26.6. The first-order valence-corrected chi connectivity index (χ1v) is 17.6. The van der Waals surface area contributed by atoms with Crippen LogP contribution in [0.2, 0.25) is 10.0 Å². The number of carbonyl (C=O) groups excluding carboxylic acids is 1. The van der Waals surface area contributed by atoms with Gasteiger partial charge in [-0.05, 0) is 30.2 Å². The summed E-state index contributed by atoms with van der Waals surface area (Å²) in [5.74, 6) is -0.361. The van der Waals surface area contributed by atoms with E-state index in [1.165, 1.54) is 95.6 Å². The molecule has 3 aromatic rings. The molecule has 45 heavy (non-hydrogen) atoms. The predicted octanol–water partition coefficient (Wildman–Crippen LogP) is 12.1. The third-order valence-electron chi connectivity index (χ3n) is 8.72. The summed E-state index contributed by atoms with van der Waals surface area (Å²) < 4.78 is 11.8. The minimum absolute atomic E-state index is 0.123. The second-order valence-electron chi connectivity index (χ2n) is 12.2. The fourth-order valence-corrected chi connectivity index (χ4v) is 6.54. The van der Waals surface area contributed by atoms with Crippen molar-refractivity contribution in [2.75, 3.05) is 6.61 Å². The second kappa shape index (κ2) is 18.3. The number of benzene rings is 3. The van der Waals surface area contributed by atoms with Crippen molar-refractivity contribution < 1.29 is 24.5 Å². The molecule has 0 unspecified atom stereocenters. The van der Waals surface area contributed by atoms with Crippen LogP contribution in [0.4, 0.5) is 0 Å². The zero-order valence-corrected chi connectivity index (χ0v) is 28.1. The molecule has 0 saturated heterocycles. The van der Waals surface area contributed by atoms with Crippen LogP contribution in [0.3, 0.4) is 0 Å². The molecule has 0 bridgehead atoms. The number of hydrogen-bond acceptors (Lipinski definition) is 5. The summed E-state index contributed by atoms with van der Waals surface area (Å²) in [5.41, 5.74) is 2.48. The first-order valence-electron chi connectivity index (χ1n) is 16.9. The third kappa shape index (κ3) is 10.0. The Labute approximate surface area is 278 Å². The first-order chi connectivity index (χ1) is 21.9. The highest BCUT2D eigenvalue weighted by Gasteiger charge is 2.33. The van der Waals surface area contributed by atoms with Crippen molar-refractivity contribution in [3.05, 3.63) is 80.8 Å². The van der Waals surface area contributed by atoms with E-state index in [1.807, 2.05) is 18.2 Å². The van der Waals surface area contributed by atoms with Gasteiger partial charge in [0.25, 0.3) is 0 Å². The van der Waals surface area contributed by atoms with E-state index in [0.717, 1.165) is 19.3 Å². The number of phenolic OH excluding ortho intramolecular Hbond substituents is 2. The monoisotopic (exact) mass is 654 g/mol. The molecule has 3 aromatic carbocycles. The predicted molar refractivity (Wildman–Crippen MR) is 184 cm³/mol. The van der Waals surface area contributed by atoms with Gasteiger partial charge >= 0.3 is 5.97 Å². The molecule has 0 amide bonds. The van der Waals surface area contributed by atoms with E-state index in [0.29, 0.717) is 40.4 Å². The lowest BCUT2D eigenvalue weighted by Gasteiger charge is -2.30. The highest BCUT2D eigenvalue weighted by Crippen LogP contribution is 2.52. The number of ether oxygens (including phenoxy) is 2. The molecule has 4 rings (SSSR count). The summed E-state index contributed by atoms with van der Waals surface area (Å²) in [4.78, 5) is 13.3. The Bertz CT molecular complexity index is 1330. The number of fused-ring (bicyclic) bond motifs is 2. The number of unbranched alkanes of at least 4 members (excludes halogenated alkanes) is 15. The van der Waals surface area contributed by atoms with Gasteiger partial charge in [0.05, 0.1) is 22.2 Å². The van der Waals surface area contributed by atoms with Gasteiger partial charge in [-0.3, -0.25) is 0 Å². The number of esters is 1. The molecule has 1 aliphatic heterocycles. The van der Waals surface area contributed by atoms with E-state index in [4.69, 9.17) is 32.7 Å². The van der Waals surface area contributed by atoms with Crippen LogP contribution >= 0.6 is 23.2 Å². The molecular formula is C38H48Cl2O5. The standard InChI is InChI=1S/C38H48Cl2O5/c1-2-3-4-5-6-7-8-9-10-11-12-13-14-15-16-19-22-44-38(43)28-21-18-17-20-27(28)37-29-23-31(39)33(41)25-35(29)45-36-26-34(42)32(40)24-30(36)37/h17-18,20-21,23-26,37,41-42H,2-16,19,22H2,1H3. The second-order valence-corrected chi connectivity index (χ2v) is 13.1. The van der Waals surface area contributed by atoms with Gasteiger partial charge in [-0.15, -0.1) is 0 Å². The van der Waals surface area contributed by atoms with Crippen LogP contribution in [0.25, 0.3) is 0 Å². The fourth-order valence-electron chi connectivity index (χ4n) is 6.19. The Balaban J connectivity index is 1.24. The topological polar surface area (TPSA) is 76.0 Å². The summed E-state index contributed by atoms with van der Waals surface area (Å²) in [5, 5.41) is 20.8. The quantitative estimate of drug-likeness (QED) is 0.0776. The Hall–Kier alpha value is -2.89. The third-order valence-corrected chi connectivity index (χ3v) is 9.33. The molecule has 5 nitrogen and oxygen atoms in total. The Kier molecular flexibility index (Phi) is 14.2. The molecule has 0 saturated carbocycles. The van der Waals surface area contributed by atoms with Crippen molar-refractivity contribution in [2.24, 2.45) is 0 Å². The molecule has 244 valence electrons. The highest BCUT2D eigenvalue weighted by molar-refractivity contribution is 6.32. The molecule has 0 aliphatic carbocycles.